The highest BCUT2D eigenvalue weighted by Gasteiger charge is 2.03. The summed E-state index contributed by atoms with van der Waals surface area (Å²) in [6.45, 7) is 5.03. The maximum atomic E-state index is 9.09. The topological polar surface area (TPSA) is 55.7 Å². The molecule has 0 rings (SSSR count). The first-order chi connectivity index (χ1) is 5.54. The minimum Gasteiger partial charge on any atom is -0.379 e. The first-order valence-corrected chi connectivity index (χ1v) is 4.33. The van der Waals surface area contributed by atoms with Gasteiger partial charge in [-0.3, -0.25) is 10.2 Å². The molecule has 0 saturated heterocycles. The maximum Gasteiger partial charge on any atom is 0.104 e. The molecule has 0 bridgehead atoms. The number of hydrogen-bond donors (Lipinski definition) is 3. The van der Waals surface area contributed by atoms with Gasteiger partial charge in [-0.25, -0.2) is 0 Å². The third kappa shape index (κ3) is 6.54. The summed E-state index contributed by atoms with van der Waals surface area (Å²) in [5.41, 5.74) is 0. The van der Waals surface area contributed by atoms with Crippen LogP contribution in [-0.4, -0.2) is 47.7 Å². The van der Waals surface area contributed by atoms with E-state index in [0.717, 1.165) is 19.5 Å². The van der Waals surface area contributed by atoms with Crippen LogP contribution in [0.15, 0.2) is 0 Å². The average molecular weight is 176 g/mol. The Kier molecular flexibility index (Phi) is 6.28. The Morgan fingerprint density at radius 3 is 2.33 bits per heavy atom. The molecule has 0 heterocycles. The Morgan fingerprint density at radius 2 is 1.92 bits per heavy atom. The van der Waals surface area contributed by atoms with E-state index in [4.69, 9.17) is 10.2 Å². The molecular formula is C8H20N2O2. The molecule has 0 spiro atoms. The lowest BCUT2D eigenvalue weighted by molar-refractivity contribution is 0.0370. The Morgan fingerprint density at radius 1 is 1.33 bits per heavy atom. The molecule has 4 nitrogen and oxygen atoms in total. The SMILES string of the molecule is CC(O)NCCCN(C)C(C)O. The summed E-state index contributed by atoms with van der Waals surface area (Å²) in [5, 5.41) is 20.8. The normalized spacial score (nSPS) is 16.5. The minimum atomic E-state index is -0.443. The number of aliphatic hydroxyl groups is 2. The highest BCUT2D eigenvalue weighted by atomic mass is 16.3. The van der Waals surface area contributed by atoms with Crippen LogP contribution in [0.4, 0.5) is 0 Å². The first kappa shape index (κ1) is 11.8. The molecule has 0 radical (unpaired) electrons. The van der Waals surface area contributed by atoms with Crippen molar-refractivity contribution in [1.82, 2.24) is 10.2 Å². The fourth-order valence-electron chi connectivity index (χ4n) is 0.826. The third-order valence-corrected chi connectivity index (χ3v) is 1.77. The first-order valence-electron chi connectivity index (χ1n) is 4.33. The van der Waals surface area contributed by atoms with Gasteiger partial charge < -0.3 is 10.2 Å². The van der Waals surface area contributed by atoms with Crippen molar-refractivity contribution in [2.45, 2.75) is 32.7 Å². The Labute approximate surface area is 74.2 Å². The zero-order chi connectivity index (χ0) is 9.56. The summed E-state index contributed by atoms with van der Waals surface area (Å²) in [7, 11) is 1.87. The molecule has 0 saturated carbocycles. The van der Waals surface area contributed by atoms with E-state index in [1.165, 1.54) is 0 Å². The summed E-state index contributed by atoms with van der Waals surface area (Å²) in [6, 6.07) is 0. The molecule has 0 aliphatic heterocycles. The molecule has 2 atom stereocenters. The molecule has 74 valence electrons. The summed E-state index contributed by atoms with van der Waals surface area (Å²) >= 11 is 0. The number of rotatable bonds is 6. The minimum absolute atomic E-state index is 0.392. The molecule has 0 aromatic heterocycles. The van der Waals surface area contributed by atoms with Crippen LogP contribution < -0.4 is 5.32 Å². The van der Waals surface area contributed by atoms with Gasteiger partial charge in [0.05, 0.1) is 0 Å². The fraction of sp³-hybridized carbons (Fsp3) is 1.00. The summed E-state index contributed by atoms with van der Waals surface area (Å²) < 4.78 is 0. The van der Waals surface area contributed by atoms with Crippen molar-refractivity contribution < 1.29 is 10.2 Å². The van der Waals surface area contributed by atoms with Gasteiger partial charge in [-0.15, -0.1) is 0 Å². The summed E-state index contributed by atoms with van der Waals surface area (Å²) in [6.07, 6.45) is 0.0881. The second-order valence-corrected chi connectivity index (χ2v) is 3.10. The average Bonchev–Trinajstić information content (AvgIpc) is 1.97. The van der Waals surface area contributed by atoms with E-state index in [2.05, 4.69) is 5.32 Å². The van der Waals surface area contributed by atoms with Crippen molar-refractivity contribution in [3.8, 4) is 0 Å². The van der Waals surface area contributed by atoms with E-state index in [1.807, 2.05) is 11.9 Å². The van der Waals surface area contributed by atoms with E-state index < -0.39 is 12.5 Å². The Balaban J connectivity index is 3.20. The quantitative estimate of drug-likeness (QED) is 0.380. The summed E-state index contributed by atoms with van der Waals surface area (Å²) in [5.74, 6) is 0. The molecule has 0 fully saturated rings. The van der Waals surface area contributed by atoms with Gasteiger partial charge in [0.25, 0.3) is 0 Å². The molecule has 2 unspecified atom stereocenters. The lowest BCUT2D eigenvalue weighted by atomic mass is 10.3. The van der Waals surface area contributed by atoms with Crippen molar-refractivity contribution in [3.05, 3.63) is 0 Å². The van der Waals surface area contributed by atoms with Gasteiger partial charge in [0.15, 0.2) is 0 Å². The lowest BCUT2D eigenvalue weighted by Gasteiger charge is -2.19. The van der Waals surface area contributed by atoms with E-state index in [1.54, 1.807) is 13.8 Å². The molecule has 0 aliphatic rings. The van der Waals surface area contributed by atoms with Gasteiger partial charge in [-0.05, 0) is 33.9 Å². The van der Waals surface area contributed by atoms with Crippen LogP contribution in [0.5, 0.6) is 0 Å². The molecule has 12 heavy (non-hydrogen) atoms. The van der Waals surface area contributed by atoms with E-state index in [9.17, 15) is 0 Å². The van der Waals surface area contributed by atoms with Crippen LogP contribution in [0.3, 0.4) is 0 Å². The van der Waals surface area contributed by atoms with Crippen LogP contribution in [0.25, 0.3) is 0 Å². The molecule has 0 amide bonds. The molecule has 0 aromatic rings. The van der Waals surface area contributed by atoms with Gasteiger partial charge in [-0.1, -0.05) is 0 Å². The fourth-order valence-corrected chi connectivity index (χ4v) is 0.826. The van der Waals surface area contributed by atoms with E-state index >= 15 is 0 Å². The predicted molar refractivity (Wildman–Crippen MR) is 48.6 cm³/mol. The zero-order valence-corrected chi connectivity index (χ0v) is 8.12. The predicted octanol–water partition coefficient (Wildman–Crippen LogP) is -0.426. The molecule has 0 aromatic carbocycles. The van der Waals surface area contributed by atoms with Crippen molar-refractivity contribution in [2.24, 2.45) is 0 Å². The number of hydrogen-bond acceptors (Lipinski definition) is 4. The molecule has 4 heteroatoms. The molecular weight excluding hydrogens is 156 g/mol. The van der Waals surface area contributed by atoms with Gasteiger partial charge in [0.2, 0.25) is 0 Å². The Bertz CT molecular complexity index is 107. The number of aliphatic hydroxyl groups excluding tert-OH is 2. The van der Waals surface area contributed by atoms with Gasteiger partial charge >= 0.3 is 0 Å². The van der Waals surface area contributed by atoms with Gasteiger partial charge in [-0.2, -0.15) is 0 Å². The van der Waals surface area contributed by atoms with Gasteiger partial charge in [0, 0.05) is 6.54 Å². The molecule has 3 N–H and O–H groups in total. The Hall–Kier alpha value is -0.160. The third-order valence-electron chi connectivity index (χ3n) is 1.77. The maximum absolute atomic E-state index is 9.09. The van der Waals surface area contributed by atoms with Crippen LogP contribution >= 0.6 is 0 Å². The number of nitrogens with zero attached hydrogens (tertiary/aromatic N) is 1. The van der Waals surface area contributed by atoms with Crippen LogP contribution in [0.1, 0.15) is 20.3 Å². The van der Waals surface area contributed by atoms with Crippen molar-refractivity contribution in [2.75, 3.05) is 20.1 Å². The lowest BCUT2D eigenvalue weighted by Crippen LogP contribution is -2.33. The van der Waals surface area contributed by atoms with Crippen LogP contribution in [-0.2, 0) is 0 Å². The highest BCUT2D eigenvalue weighted by molar-refractivity contribution is 4.54. The van der Waals surface area contributed by atoms with E-state index in [-0.39, 0.29) is 0 Å². The number of nitrogens with one attached hydrogen (secondary N) is 1. The standard InChI is InChI=1S/C8H20N2O2/c1-7(11)9-5-4-6-10(3)8(2)12/h7-9,11-12H,4-6H2,1-3H3. The van der Waals surface area contributed by atoms with Crippen LogP contribution in [0.2, 0.25) is 0 Å². The van der Waals surface area contributed by atoms with Crippen LogP contribution in [0, 0.1) is 0 Å². The second-order valence-electron chi connectivity index (χ2n) is 3.10. The molecule has 0 aliphatic carbocycles. The van der Waals surface area contributed by atoms with E-state index in [0.29, 0.717) is 0 Å². The smallest absolute Gasteiger partial charge is 0.104 e. The van der Waals surface area contributed by atoms with Crippen molar-refractivity contribution in [3.63, 3.8) is 0 Å². The van der Waals surface area contributed by atoms with Crippen molar-refractivity contribution >= 4 is 0 Å². The van der Waals surface area contributed by atoms with Crippen molar-refractivity contribution in [1.29, 1.82) is 0 Å². The second kappa shape index (κ2) is 6.37. The zero-order valence-electron chi connectivity index (χ0n) is 8.12. The summed E-state index contributed by atoms with van der Waals surface area (Å²) in [4.78, 5) is 1.85. The van der Waals surface area contributed by atoms with Gasteiger partial charge in [0.1, 0.15) is 12.5 Å². The highest BCUT2D eigenvalue weighted by Crippen LogP contribution is 1.91. The monoisotopic (exact) mass is 176 g/mol. The largest absolute Gasteiger partial charge is 0.379 e.